The van der Waals surface area contributed by atoms with Crippen molar-refractivity contribution in [3.63, 3.8) is 0 Å². The molecule has 6 nitrogen and oxygen atoms in total. The third kappa shape index (κ3) is 4.13. The molecule has 0 saturated heterocycles. The molecule has 2 rings (SSSR count). The van der Waals surface area contributed by atoms with E-state index in [4.69, 9.17) is 9.84 Å². The molecule has 3 N–H and O–H groups in total. The maximum absolute atomic E-state index is 11.1. The number of benzene rings is 1. The average Bonchev–Trinajstić information content (AvgIpc) is 2.49. The van der Waals surface area contributed by atoms with Gasteiger partial charge in [-0.05, 0) is 37.8 Å². The number of carboxylic acids is 1. The van der Waals surface area contributed by atoms with Crippen molar-refractivity contribution in [1.29, 1.82) is 0 Å². The molecule has 0 unspecified atom stereocenters. The van der Waals surface area contributed by atoms with Crippen molar-refractivity contribution < 1.29 is 19.4 Å². The number of amides is 1. The van der Waals surface area contributed by atoms with Gasteiger partial charge in [0.05, 0.1) is 18.7 Å². The van der Waals surface area contributed by atoms with Crippen LogP contribution in [0.5, 0.6) is 5.75 Å². The first-order valence-electron chi connectivity index (χ1n) is 7.44. The second-order valence-corrected chi connectivity index (χ2v) is 5.63. The fourth-order valence-electron chi connectivity index (χ4n) is 2.79. The third-order valence-corrected chi connectivity index (χ3v) is 3.96. The van der Waals surface area contributed by atoms with Crippen LogP contribution in [0.1, 0.15) is 32.6 Å². The lowest BCUT2D eigenvalue weighted by atomic mass is 9.86. The van der Waals surface area contributed by atoms with Gasteiger partial charge in [-0.25, -0.2) is 0 Å². The molecule has 0 spiro atoms. The minimum absolute atomic E-state index is 0.147. The summed E-state index contributed by atoms with van der Waals surface area (Å²) in [4.78, 5) is 22.1. The summed E-state index contributed by atoms with van der Waals surface area (Å²) in [5, 5.41) is 15.1. The molecule has 1 aromatic carbocycles. The van der Waals surface area contributed by atoms with E-state index in [1.807, 2.05) is 12.1 Å². The van der Waals surface area contributed by atoms with E-state index in [9.17, 15) is 9.59 Å². The van der Waals surface area contributed by atoms with E-state index in [1.54, 1.807) is 13.2 Å². The second-order valence-electron chi connectivity index (χ2n) is 5.63. The van der Waals surface area contributed by atoms with Crippen LogP contribution >= 0.6 is 0 Å². The summed E-state index contributed by atoms with van der Waals surface area (Å²) in [5.74, 6) is -0.458. The maximum atomic E-state index is 11.1. The third-order valence-electron chi connectivity index (χ3n) is 3.96. The van der Waals surface area contributed by atoms with E-state index < -0.39 is 5.97 Å². The smallest absolute Gasteiger partial charge is 0.306 e. The minimum Gasteiger partial charge on any atom is -0.494 e. The van der Waals surface area contributed by atoms with Gasteiger partial charge in [0.25, 0.3) is 0 Å². The number of rotatable bonds is 5. The van der Waals surface area contributed by atoms with Gasteiger partial charge >= 0.3 is 5.97 Å². The number of hydrogen-bond donors (Lipinski definition) is 3. The normalized spacial score (nSPS) is 21.0. The molecule has 120 valence electrons. The number of carboxylic acid groups (broad SMARTS) is 1. The fourth-order valence-corrected chi connectivity index (χ4v) is 2.79. The summed E-state index contributed by atoms with van der Waals surface area (Å²) in [7, 11) is 1.56. The molecule has 0 aromatic heterocycles. The lowest BCUT2D eigenvalue weighted by Crippen LogP contribution is -2.29. The van der Waals surface area contributed by atoms with Gasteiger partial charge in [0.15, 0.2) is 0 Å². The Balaban J connectivity index is 1.99. The Bertz CT molecular complexity index is 551. The molecule has 1 fully saturated rings. The van der Waals surface area contributed by atoms with E-state index in [2.05, 4.69) is 10.6 Å². The number of carbonyl (C=O) groups excluding carboxylic acids is 1. The zero-order chi connectivity index (χ0) is 16.1. The Kier molecular flexibility index (Phi) is 5.25. The molecule has 1 saturated carbocycles. The van der Waals surface area contributed by atoms with Crippen LogP contribution in [0, 0.1) is 5.92 Å². The van der Waals surface area contributed by atoms with Crippen LogP contribution in [0.2, 0.25) is 0 Å². The van der Waals surface area contributed by atoms with E-state index in [0.29, 0.717) is 24.3 Å². The quantitative estimate of drug-likeness (QED) is 0.778. The Morgan fingerprint density at radius 2 is 1.91 bits per heavy atom. The number of carbonyl (C=O) groups is 2. The van der Waals surface area contributed by atoms with Crippen molar-refractivity contribution in [2.45, 2.75) is 38.6 Å². The number of hydrogen-bond acceptors (Lipinski definition) is 4. The topological polar surface area (TPSA) is 87.7 Å². The van der Waals surface area contributed by atoms with Crippen molar-refractivity contribution in [3.8, 4) is 5.75 Å². The number of nitrogens with one attached hydrogen (secondary N) is 2. The zero-order valence-corrected chi connectivity index (χ0v) is 12.9. The first-order chi connectivity index (χ1) is 10.5. The van der Waals surface area contributed by atoms with E-state index in [1.165, 1.54) is 6.92 Å². The van der Waals surface area contributed by atoms with Crippen LogP contribution in [0.4, 0.5) is 11.4 Å². The summed E-state index contributed by atoms with van der Waals surface area (Å²) >= 11 is 0. The Morgan fingerprint density at radius 3 is 2.45 bits per heavy atom. The number of aliphatic carboxylic acids is 1. The van der Waals surface area contributed by atoms with Crippen molar-refractivity contribution >= 4 is 23.3 Å². The molecule has 1 aliphatic carbocycles. The molecule has 1 aromatic rings. The fraction of sp³-hybridized carbons (Fsp3) is 0.500. The van der Waals surface area contributed by atoms with Gasteiger partial charge in [-0.2, -0.15) is 0 Å². The molecule has 0 aliphatic heterocycles. The maximum Gasteiger partial charge on any atom is 0.306 e. The average molecular weight is 306 g/mol. The van der Waals surface area contributed by atoms with Crippen molar-refractivity contribution in [2.75, 3.05) is 17.7 Å². The standard InChI is InChI=1S/C16H22N2O4/c1-10(19)17-14-8-7-13(9-15(14)22-2)18-12-5-3-11(4-6-12)16(20)21/h7-9,11-12,18H,3-6H2,1-2H3,(H,17,19)(H,20,21). The second kappa shape index (κ2) is 7.15. The number of ether oxygens (including phenoxy) is 1. The van der Waals surface area contributed by atoms with Crippen molar-refractivity contribution in [2.24, 2.45) is 5.92 Å². The van der Waals surface area contributed by atoms with Crippen LogP contribution < -0.4 is 15.4 Å². The minimum atomic E-state index is -0.695. The van der Waals surface area contributed by atoms with Crippen LogP contribution in [0.3, 0.4) is 0 Å². The highest BCUT2D eigenvalue weighted by Gasteiger charge is 2.25. The highest BCUT2D eigenvalue weighted by Crippen LogP contribution is 2.31. The molecular formula is C16H22N2O4. The highest BCUT2D eigenvalue weighted by molar-refractivity contribution is 5.90. The summed E-state index contributed by atoms with van der Waals surface area (Å²) in [5.41, 5.74) is 1.54. The van der Waals surface area contributed by atoms with Crippen LogP contribution in [-0.2, 0) is 9.59 Å². The summed E-state index contributed by atoms with van der Waals surface area (Å²) in [6.45, 7) is 1.45. The highest BCUT2D eigenvalue weighted by atomic mass is 16.5. The largest absolute Gasteiger partial charge is 0.494 e. The van der Waals surface area contributed by atoms with Crippen molar-refractivity contribution in [1.82, 2.24) is 0 Å². The van der Waals surface area contributed by atoms with E-state index in [-0.39, 0.29) is 17.9 Å². The van der Waals surface area contributed by atoms with Crippen LogP contribution in [0.25, 0.3) is 0 Å². The number of anilines is 2. The monoisotopic (exact) mass is 306 g/mol. The van der Waals surface area contributed by atoms with Gasteiger partial charge in [-0.15, -0.1) is 0 Å². The van der Waals surface area contributed by atoms with E-state index >= 15 is 0 Å². The van der Waals surface area contributed by atoms with Gasteiger partial charge in [0.1, 0.15) is 5.75 Å². The SMILES string of the molecule is COc1cc(NC2CCC(C(=O)O)CC2)ccc1NC(C)=O. The van der Waals surface area contributed by atoms with Crippen molar-refractivity contribution in [3.05, 3.63) is 18.2 Å². The molecule has 6 heteroatoms. The van der Waals surface area contributed by atoms with Gasteiger partial charge in [-0.1, -0.05) is 0 Å². The molecule has 0 heterocycles. The lowest BCUT2D eigenvalue weighted by molar-refractivity contribution is -0.142. The number of methoxy groups -OCH3 is 1. The van der Waals surface area contributed by atoms with Gasteiger partial charge in [0.2, 0.25) is 5.91 Å². The molecule has 0 bridgehead atoms. The molecule has 0 atom stereocenters. The van der Waals surface area contributed by atoms with Crippen LogP contribution in [0.15, 0.2) is 18.2 Å². The zero-order valence-electron chi connectivity index (χ0n) is 12.9. The summed E-state index contributed by atoms with van der Waals surface area (Å²) in [6.07, 6.45) is 3.09. The Hall–Kier alpha value is -2.24. The lowest BCUT2D eigenvalue weighted by Gasteiger charge is -2.27. The molecule has 22 heavy (non-hydrogen) atoms. The van der Waals surface area contributed by atoms with Gasteiger partial charge in [-0.3, -0.25) is 9.59 Å². The molecule has 1 amide bonds. The predicted molar refractivity (Wildman–Crippen MR) is 84.3 cm³/mol. The van der Waals surface area contributed by atoms with Gasteiger partial charge < -0.3 is 20.5 Å². The van der Waals surface area contributed by atoms with Gasteiger partial charge in [0, 0.05) is 24.7 Å². The first kappa shape index (κ1) is 16.1. The molecule has 0 radical (unpaired) electrons. The Morgan fingerprint density at radius 1 is 1.23 bits per heavy atom. The van der Waals surface area contributed by atoms with Crippen LogP contribution in [-0.4, -0.2) is 30.1 Å². The Labute approximate surface area is 129 Å². The molecule has 1 aliphatic rings. The first-order valence-corrected chi connectivity index (χ1v) is 7.44. The molecular weight excluding hydrogens is 284 g/mol. The summed E-state index contributed by atoms with van der Waals surface area (Å²) in [6, 6.07) is 5.80. The summed E-state index contributed by atoms with van der Waals surface area (Å²) < 4.78 is 5.29. The predicted octanol–water partition coefficient (Wildman–Crippen LogP) is 2.71. The van der Waals surface area contributed by atoms with E-state index in [0.717, 1.165) is 18.5 Å².